The number of ketones is 1. The number of unbranched alkanes of at least 4 members (excludes halogenated alkanes) is 1. The summed E-state index contributed by atoms with van der Waals surface area (Å²) in [6, 6.07) is -0.197. The molecule has 0 amide bonds. The normalized spacial score (nSPS) is 27.7. The molecule has 1 aliphatic carbocycles. The van der Waals surface area contributed by atoms with Gasteiger partial charge in [0.05, 0.1) is 6.04 Å². The van der Waals surface area contributed by atoms with Gasteiger partial charge in [0, 0.05) is 5.92 Å². The minimum atomic E-state index is -0.197. The molecule has 1 rings (SSSR count). The van der Waals surface area contributed by atoms with E-state index in [-0.39, 0.29) is 12.0 Å². The van der Waals surface area contributed by atoms with Gasteiger partial charge in [0.25, 0.3) is 0 Å². The van der Waals surface area contributed by atoms with Crippen molar-refractivity contribution in [2.75, 3.05) is 0 Å². The molecule has 0 bridgehead atoms. The molecule has 1 saturated carbocycles. The highest BCUT2D eigenvalue weighted by molar-refractivity contribution is 5.86. The molecule has 2 heteroatoms. The fourth-order valence-electron chi connectivity index (χ4n) is 2.91. The van der Waals surface area contributed by atoms with Gasteiger partial charge in [0.15, 0.2) is 5.78 Å². The molecule has 3 unspecified atom stereocenters. The maximum Gasteiger partial charge on any atom is 0.152 e. The van der Waals surface area contributed by atoms with Gasteiger partial charge < -0.3 is 5.73 Å². The quantitative estimate of drug-likeness (QED) is 0.753. The minimum absolute atomic E-state index is 0.197. The van der Waals surface area contributed by atoms with E-state index in [2.05, 4.69) is 13.8 Å². The van der Waals surface area contributed by atoms with Crippen molar-refractivity contribution in [3.8, 4) is 0 Å². The summed E-state index contributed by atoms with van der Waals surface area (Å²) in [6.07, 6.45) is 9.04. The lowest BCUT2D eigenvalue weighted by Gasteiger charge is -2.31. The summed E-state index contributed by atoms with van der Waals surface area (Å²) < 4.78 is 0. The number of nitrogens with two attached hydrogens (primary N) is 1. The molecular weight excluding hydrogens is 198 g/mol. The van der Waals surface area contributed by atoms with E-state index in [1.54, 1.807) is 0 Å². The Labute approximate surface area is 100.0 Å². The molecule has 0 saturated heterocycles. The third-order valence-corrected chi connectivity index (χ3v) is 4.03. The predicted octanol–water partition coefficient (Wildman–Crippen LogP) is 3.29. The zero-order valence-corrected chi connectivity index (χ0v) is 10.9. The number of hydrogen-bond donors (Lipinski definition) is 1. The largest absolute Gasteiger partial charge is 0.321 e. The molecule has 2 N–H and O–H groups in total. The highest BCUT2D eigenvalue weighted by Crippen LogP contribution is 2.33. The van der Waals surface area contributed by atoms with E-state index in [1.165, 1.54) is 19.3 Å². The monoisotopic (exact) mass is 225 g/mol. The smallest absolute Gasteiger partial charge is 0.152 e. The van der Waals surface area contributed by atoms with Crippen molar-refractivity contribution in [1.82, 2.24) is 0 Å². The first-order chi connectivity index (χ1) is 7.70. The molecule has 0 radical (unpaired) electrons. The van der Waals surface area contributed by atoms with Crippen LogP contribution in [0.15, 0.2) is 0 Å². The second-order valence-electron chi connectivity index (χ2n) is 5.21. The molecule has 0 aromatic heterocycles. The molecule has 1 aliphatic rings. The summed E-state index contributed by atoms with van der Waals surface area (Å²) in [5.74, 6) is 1.22. The lowest BCUT2D eigenvalue weighted by atomic mass is 9.74. The molecule has 2 nitrogen and oxygen atoms in total. The van der Waals surface area contributed by atoms with Crippen LogP contribution in [-0.2, 0) is 4.79 Å². The van der Waals surface area contributed by atoms with Gasteiger partial charge in [-0.2, -0.15) is 0 Å². The van der Waals surface area contributed by atoms with Crippen molar-refractivity contribution < 1.29 is 4.79 Å². The maximum absolute atomic E-state index is 12.2. The molecule has 0 aliphatic heterocycles. The van der Waals surface area contributed by atoms with Crippen LogP contribution in [0.4, 0.5) is 0 Å². The van der Waals surface area contributed by atoms with Gasteiger partial charge in [-0.15, -0.1) is 0 Å². The van der Waals surface area contributed by atoms with Crippen molar-refractivity contribution in [2.45, 2.75) is 71.3 Å². The van der Waals surface area contributed by atoms with Crippen molar-refractivity contribution in [1.29, 1.82) is 0 Å². The summed E-state index contributed by atoms with van der Waals surface area (Å²) in [5.41, 5.74) is 6.00. The van der Waals surface area contributed by atoms with Gasteiger partial charge in [-0.05, 0) is 25.2 Å². The second-order valence-corrected chi connectivity index (χ2v) is 5.21. The van der Waals surface area contributed by atoms with E-state index < -0.39 is 0 Å². The van der Waals surface area contributed by atoms with E-state index in [1.807, 2.05) is 0 Å². The molecule has 0 aromatic carbocycles. The topological polar surface area (TPSA) is 43.1 Å². The van der Waals surface area contributed by atoms with Gasteiger partial charge in [0.2, 0.25) is 0 Å². The van der Waals surface area contributed by atoms with Crippen LogP contribution in [0.5, 0.6) is 0 Å². The molecular formula is C14H27NO. The number of carbonyl (C=O) groups excluding carboxylic acids is 1. The third-order valence-electron chi connectivity index (χ3n) is 4.03. The molecule has 94 valence electrons. The van der Waals surface area contributed by atoms with Crippen LogP contribution >= 0.6 is 0 Å². The van der Waals surface area contributed by atoms with Crippen LogP contribution in [-0.4, -0.2) is 11.8 Å². The standard InChI is InChI=1S/C14H27NO/c1-3-5-10-13(15)14(16)12-9-7-6-8-11(12)4-2/h11-13H,3-10,15H2,1-2H3. The van der Waals surface area contributed by atoms with Crippen LogP contribution in [0.2, 0.25) is 0 Å². The van der Waals surface area contributed by atoms with Gasteiger partial charge in [0.1, 0.15) is 0 Å². The van der Waals surface area contributed by atoms with Crippen LogP contribution < -0.4 is 5.73 Å². The van der Waals surface area contributed by atoms with Gasteiger partial charge >= 0.3 is 0 Å². The van der Waals surface area contributed by atoms with Crippen molar-refractivity contribution >= 4 is 5.78 Å². The predicted molar refractivity (Wildman–Crippen MR) is 68.2 cm³/mol. The Bertz CT molecular complexity index is 215. The maximum atomic E-state index is 12.2. The third kappa shape index (κ3) is 3.58. The number of Topliss-reactive ketones (excluding diaryl/α,β-unsaturated/α-hetero) is 1. The molecule has 16 heavy (non-hydrogen) atoms. The summed E-state index contributed by atoms with van der Waals surface area (Å²) in [4.78, 5) is 12.2. The Hall–Kier alpha value is -0.370. The Kier molecular flexibility index (Phi) is 6.04. The first kappa shape index (κ1) is 13.7. The second kappa shape index (κ2) is 7.05. The zero-order chi connectivity index (χ0) is 12.0. The Balaban J connectivity index is 2.49. The van der Waals surface area contributed by atoms with Gasteiger partial charge in [-0.3, -0.25) is 4.79 Å². The Morgan fingerprint density at radius 3 is 2.62 bits per heavy atom. The van der Waals surface area contributed by atoms with Crippen LogP contribution in [0, 0.1) is 11.8 Å². The lowest BCUT2D eigenvalue weighted by Crippen LogP contribution is -2.39. The van der Waals surface area contributed by atoms with E-state index in [0.717, 1.165) is 32.1 Å². The summed E-state index contributed by atoms with van der Waals surface area (Å²) in [5, 5.41) is 0. The molecule has 0 aromatic rings. The fraction of sp³-hybridized carbons (Fsp3) is 0.929. The number of rotatable bonds is 6. The Morgan fingerprint density at radius 2 is 2.00 bits per heavy atom. The average molecular weight is 225 g/mol. The molecule has 1 fully saturated rings. The van der Waals surface area contributed by atoms with E-state index in [4.69, 9.17) is 5.73 Å². The van der Waals surface area contributed by atoms with Crippen molar-refractivity contribution in [2.24, 2.45) is 17.6 Å². The first-order valence-electron chi connectivity index (χ1n) is 7.00. The SMILES string of the molecule is CCCCC(N)C(=O)C1CCCCC1CC. The van der Waals surface area contributed by atoms with Crippen molar-refractivity contribution in [3.63, 3.8) is 0 Å². The lowest BCUT2D eigenvalue weighted by molar-refractivity contribution is -0.127. The Morgan fingerprint density at radius 1 is 1.31 bits per heavy atom. The molecule has 3 atom stereocenters. The summed E-state index contributed by atoms with van der Waals surface area (Å²) in [6.45, 7) is 4.35. The van der Waals surface area contributed by atoms with Crippen LogP contribution in [0.1, 0.15) is 65.2 Å². The number of hydrogen-bond acceptors (Lipinski definition) is 2. The van der Waals surface area contributed by atoms with Gasteiger partial charge in [-0.25, -0.2) is 0 Å². The first-order valence-corrected chi connectivity index (χ1v) is 7.00. The van der Waals surface area contributed by atoms with Crippen molar-refractivity contribution in [3.05, 3.63) is 0 Å². The van der Waals surface area contributed by atoms with E-state index in [9.17, 15) is 4.79 Å². The van der Waals surface area contributed by atoms with Gasteiger partial charge in [-0.1, -0.05) is 46.0 Å². The summed E-state index contributed by atoms with van der Waals surface area (Å²) >= 11 is 0. The van der Waals surface area contributed by atoms with Crippen LogP contribution in [0.25, 0.3) is 0 Å². The van der Waals surface area contributed by atoms with Crippen LogP contribution in [0.3, 0.4) is 0 Å². The molecule has 0 spiro atoms. The molecule has 0 heterocycles. The van der Waals surface area contributed by atoms with E-state index in [0.29, 0.717) is 11.7 Å². The average Bonchev–Trinajstić information content (AvgIpc) is 2.34. The summed E-state index contributed by atoms with van der Waals surface area (Å²) in [7, 11) is 0. The zero-order valence-electron chi connectivity index (χ0n) is 10.9. The fourth-order valence-corrected chi connectivity index (χ4v) is 2.91. The highest BCUT2D eigenvalue weighted by Gasteiger charge is 2.31. The minimum Gasteiger partial charge on any atom is -0.321 e. The number of carbonyl (C=O) groups is 1. The highest BCUT2D eigenvalue weighted by atomic mass is 16.1. The van der Waals surface area contributed by atoms with E-state index >= 15 is 0 Å².